The van der Waals surface area contributed by atoms with Crippen LogP contribution in [0, 0.1) is 0 Å². The summed E-state index contributed by atoms with van der Waals surface area (Å²) in [6, 6.07) is 28.2. The van der Waals surface area contributed by atoms with Gasteiger partial charge in [0.25, 0.3) is 0 Å². The summed E-state index contributed by atoms with van der Waals surface area (Å²) in [5, 5.41) is 9.24. The lowest BCUT2D eigenvalue weighted by Gasteiger charge is -1.99. The molecule has 0 bridgehead atoms. The van der Waals surface area contributed by atoms with Crippen molar-refractivity contribution in [2.75, 3.05) is 0 Å². The molecule has 0 unspecified atom stereocenters. The first kappa shape index (κ1) is 18.0. The van der Waals surface area contributed by atoms with Gasteiger partial charge < -0.3 is 0 Å². The molecule has 0 saturated heterocycles. The van der Waals surface area contributed by atoms with Gasteiger partial charge in [-0.25, -0.2) is 19.3 Å². The van der Waals surface area contributed by atoms with Crippen molar-refractivity contribution >= 4 is 0 Å². The highest BCUT2D eigenvalue weighted by atomic mass is 15.3. The van der Waals surface area contributed by atoms with Crippen LogP contribution in [0.2, 0.25) is 0 Å². The summed E-state index contributed by atoms with van der Waals surface area (Å²) in [6.45, 7) is 0. The predicted molar refractivity (Wildman–Crippen MR) is 117 cm³/mol. The van der Waals surface area contributed by atoms with Gasteiger partial charge in [0.2, 0.25) is 0 Å². The standard InChI is InChI=1S/C24H20N6/c1-29-23(17-10-5-3-6-11-17)25-21(27-29)19-14-9-15-20(16-19)22-26-24(30(2)28-22)18-12-7-4-8-13-18/h3-16H,1-2H3. The average Bonchev–Trinajstić information content (AvgIpc) is 3.38. The minimum absolute atomic E-state index is 0.678. The SMILES string of the molecule is Cn1nc(-c2cccc(-c3nc(-c4ccccc4)n(C)n3)c2)nc1-c1ccccc1. The minimum atomic E-state index is 0.678. The monoisotopic (exact) mass is 392 g/mol. The second-order valence-electron chi connectivity index (χ2n) is 7.08. The summed E-state index contributed by atoms with van der Waals surface area (Å²) in [6.07, 6.45) is 0. The summed E-state index contributed by atoms with van der Waals surface area (Å²) in [5.41, 5.74) is 3.93. The van der Waals surface area contributed by atoms with E-state index in [0.717, 1.165) is 33.9 Å². The molecule has 6 heteroatoms. The van der Waals surface area contributed by atoms with Gasteiger partial charge in [-0.15, -0.1) is 0 Å². The fourth-order valence-corrected chi connectivity index (χ4v) is 3.49. The summed E-state index contributed by atoms with van der Waals surface area (Å²) in [7, 11) is 3.82. The zero-order valence-electron chi connectivity index (χ0n) is 16.8. The van der Waals surface area contributed by atoms with E-state index >= 15 is 0 Å². The number of aryl methyl sites for hydroxylation is 2. The van der Waals surface area contributed by atoms with E-state index in [9.17, 15) is 0 Å². The highest BCUT2D eigenvalue weighted by Gasteiger charge is 2.14. The molecule has 0 saturated carbocycles. The molecule has 0 radical (unpaired) electrons. The third-order valence-electron chi connectivity index (χ3n) is 4.97. The number of hydrogen-bond donors (Lipinski definition) is 0. The topological polar surface area (TPSA) is 61.4 Å². The summed E-state index contributed by atoms with van der Waals surface area (Å²) >= 11 is 0. The van der Waals surface area contributed by atoms with E-state index in [4.69, 9.17) is 9.97 Å². The van der Waals surface area contributed by atoms with Gasteiger partial charge in [-0.1, -0.05) is 78.9 Å². The van der Waals surface area contributed by atoms with Gasteiger partial charge in [0.1, 0.15) is 0 Å². The Morgan fingerprint density at radius 2 is 0.900 bits per heavy atom. The van der Waals surface area contributed by atoms with Gasteiger partial charge in [0.15, 0.2) is 23.3 Å². The molecule has 0 spiro atoms. The number of aromatic nitrogens is 6. The maximum absolute atomic E-state index is 4.76. The molecule has 0 fully saturated rings. The van der Waals surface area contributed by atoms with Crippen LogP contribution >= 0.6 is 0 Å². The molecule has 0 atom stereocenters. The van der Waals surface area contributed by atoms with Crippen molar-refractivity contribution in [2.45, 2.75) is 0 Å². The Kier molecular flexibility index (Phi) is 4.44. The molecule has 5 aromatic rings. The van der Waals surface area contributed by atoms with Crippen LogP contribution in [0.4, 0.5) is 0 Å². The number of rotatable bonds is 4. The van der Waals surface area contributed by atoms with E-state index in [1.807, 2.05) is 108 Å². The van der Waals surface area contributed by atoms with Crippen molar-refractivity contribution in [3.8, 4) is 45.6 Å². The Morgan fingerprint density at radius 3 is 1.33 bits per heavy atom. The molecule has 6 nitrogen and oxygen atoms in total. The van der Waals surface area contributed by atoms with Gasteiger partial charge in [0, 0.05) is 36.3 Å². The number of benzene rings is 3. The normalized spacial score (nSPS) is 11.0. The van der Waals surface area contributed by atoms with E-state index in [0.29, 0.717) is 11.6 Å². The van der Waals surface area contributed by atoms with Crippen LogP contribution in [0.15, 0.2) is 84.9 Å². The molecule has 3 aromatic carbocycles. The molecule has 2 heterocycles. The Balaban J connectivity index is 1.52. The molecular weight excluding hydrogens is 372 g/mol. The van der Waals surface area contributed by atoms with Crippen molar-refractivity contribution in [2.24, 2.45) is 14.1 Å². The van der Waals surface area contributed by atoms with E-state index in [1.165, 1.54) is 0 Å². The lowest BCUT2D eigenvalue weighted by Crippen LogP contribution is -1.94. The fourth-order valence-electron chi connectivity index (χ4n) is 3.49. The Hall–Kier alpha value is -4.06. The summed E-state index contributed by atoms with van der Waals surface area (Å²) < 4.78 is 3.62. The van der Waals surface area contributed by atoms with E-state index in [2.05, 4.69) is 10.2 Å². The average molecular weight is 392 g/mol. The first-order chi connectivity index (χ1) is 14.7. The van der Waals surface area contributed by atoms with Crippen LogP contribution in [0.5, 0.6) is 0 Å². The third kappa shape index (κ3) is 3.28. The maximum atomic E-state index is 4.76. The highest BCUT2D eigenvalue weighted by molar-refractivity contribution is 5.69. The quantitative estimate of drug-likeness (QED) is 0.448. The molecule has 0 aliphatic heterocycles. The molecule has 0 N–H and O–H groups in total. The molecule has 2 aromatic heterocycles. The second kappa shape index (κ2) is 7.40. The number of hydrogen-bond acceptors (Lipinski definition) is 4. The molecule has 0 aliphatic carbocycles. The van der Waals surface area contributed by atoms with Crippen LogP contribution in [-0.2, 0) is 14.1 Å². The van der Waals surface area contributed by atoms with Crippen LogP contribution in [0.1, 0.15) is 0 Å². The van der Waals surface area contributed by atoms with Crippen molar-refractivity contribution in [1.29, 1.82) is 0 Å². The lowest BCUT2D eigenvalue weighted by atomic mass is 10.1. The van der Waals surface area contributed by atoms with Gasteiger partial charge in [-0.05, 0) is 6.07 Å². The van der Waals surface area contributed by atoms with Crippen LogP contribution < -0.4 is 0 Å². The molecule has 5 rings (SSSR count). The van der Waals surface area contributed by atoms with E-state index < -0.39 is 0 Å². The Bertz CT molecular complexity index is 1200. The van der Waals surface area contributed by atoms with Crippen molar-refractivity contribution < 1.29 is 0 Å². The Labute approximate surface area is 174 Å². The van der Waals surface area contributed by atoms with Crippen molar-refractivity contribution in [3.63, 3.8) is 0 Å². The first-order valence-corrected chi connectivity index (χ1v) is 9.73. The second-order valence-corrected chi connectivity index (χ2v) is 7.08. The highest BCUT2D eigenvalue weighted by Crippen LogP contribution is 2.27. The van der Waals surface area contributed by atoms with E-state index in [1.54, 1.807) is 0 Å². The smallest absolute Gasteiger partial charge is 0.181 e. The van der Waals surface area contributed by atoms with E-state index in [-0.39, 0.29) is 0 Å². The largest absolute Gasteiger partial charge is 0.248 e. The first-order valence-electron chi connectivity index (χ1n) is 9.73. The molecule has 0 amide bonds. The Morgan fingerprint density at radius 1 is 0.500 bits per heavy atom. The van der Waals surface area contributed by atoms with Crippen LogP contribution in [0.25, 0.3) is 45.6 Å². The molecule has 30 heavy (non-hydrogen) atoms. The van der Waals surface area contributed by atoms with Crippen LogP contribution in [-0.4, -0.2) is 29.5 Å². The van der Waals surface area contributed by atoms with Gasteiger partial charge >= 0.3 is 0 Å². The number of nitrogens with zero attached hydrogens (tertiary/aromatic N) is 6. The molecule has 0 aliphatic rings. The third-order valence-corrected chi connectivity index (χ3v) is 4.97. The summed E-state index contributed by atoms with van der Waals surface area (Å²) in [4.78, 5) is 9.52. The zero-order chi connectivity index (χ0) is 20.5. The minimum Gasteiger partial charge on any atom is -0.248 e. The van der Waals surface area contributed by atoms with Gasteiger partial charge in [0.05, 0.1) is 0 Å². The van der Waals surface area contributed by atoms with Crippen molar-refractivity contribution in [3.05, 3.63) is 84.9 Å². The summed E-state index contributed by atoms with van der Waals surface area (Å²) in [5.74, 6) is 3.02. The van der Waals surface area contributed by atoms with Crippen LogP contribution in [0.3, 0.4) is 0 Å². The predicted octanol–water partition coefficient (Wildman–Crippen LogP) is 4.61. The van der Waals surface area contributed by atoms with Gasteiger partial charge in [-0.2, -0.15) is 10.2 Å². The molecule has 146 valence electrons. The maximum Gasteiger partial charge on any atom is 0.181 e. The van der Waals surface area contributed by atoms with Crippen molar-refractivity contribution in [1.82, 2.24) is 29.5 Å². The molecular formula is C24H20N6. The fraction of sp³-hybridized carbons (Fsp3) is 0.0833. The zero-order valence-corrected chi connectivity index (χ0v) is 16.8. The van der Waals surface area contributed by atoms with Gasteiger partial charge in [-0.3, -0.25) is 0 Å². The lowest BCUT2D eigenvalue weighted by molar-refractivity contribution is 0.776.